The van der Waals surface area contributed by atoms with Crippen molar-refractivity contribution in [2.24, 2.45) is 0 Å². The van der Waals surface area contributed by atoms with E-state index in [1.165, 1.54) is 5.56 Å². The van der Waals surface area contributed by atoms with Gasteiger partial charge in [0.05, 0.1) is 10.9 Å². The molecule has 0 bridgehead atoms. The van der Waals surface area contributed by atoms with Crippen LogP contribution in [0.15, 0.2) is 53.6 Å². The predicted molar refractivity (Wildman–Crippen MR) is 108 cm³/mol. The molecule has 27 heavy (non-hydrogen) atoms. The lowest BCUT2D eigenvalue weighted by atomic mass is 10.1. The zero-order valence-corrected chi connectivity index (χ0v) is 15.7. The van der Waals surface area contributed by atoms with Crippen LogP contribution < -0.4 is 10.5 Å². The van der Waals surface area contributed by atoms with E-state index in [0.29, 0.717) is 11.9 Å². The van der Waals surface area contributed by atoms with Crippen molar-refractivity contribution in [2.45, 2.75) is 19.9 Å². The number of likely N-dealkylation sites (N-methyl/N-ethyl adjacent to an activating group) is 1. The van der Waals surface area contributed by atoms with Gasteiger partial charge in [-0.25, -0.2) is 9.97 Å². The topological polar surface area (TPSA) is 54.3 Å². The second-order valence-electron chi connectivity index (χ2n) is 6.94. The average Bonchev–Trinajstić information content (AvgIpc) is 2.74. The number of rotatable bonds is 5. The summed E-state index contributed by atoms with van der Waals surface area (Å²) in [5, 5.41) is 0.585. The number of benzene rings is 1. The van der Waals surface area contributed by atoms with Gasteiger partial charge in [-0.05, 0) is 24.6 Å². The van der Waals surface area contributed by atoms with Crippen molar-refractivity contribution in [3.05, 3.63) is 64.7 Å². The number of aryl methyl sites for hydroxylation is 2. The van der Waals surface area contributed by atoms with Gasteiger partial charge >= 0.3 is 0 Å². The maximum atomic E-state index is 12.8. The summed E-state index contributed by atoms with van der Waals surface area (Å²) in [4.78, 5) is 26.5. The molecule has 1 aliphatic heterocycles. The summed E-state index contributed by atoms with van der Waals surface area (Å²) in [6, 6.07) is 12.1. The van der Waals surface area contributed by atoms with E-state index in [2.05, 4.69) is 38.8 Å². The van der Waals surface area contributed by atoms with Crippen LogP contribution in [0.3, 0.4) is 0 Å². The second kappa shape index (κ2) is 7.88. The molecule has 1 aromatic carbocycles. The monoisotopic (exact) mass is 363 g/mol. The maximum Gasteiger partial charge on any atom is 0.261 e. The minimum Gasteiger partial charge on any atom is -0.338 e. The summed E-state index contributed by atoms with van der Waals surface area (Å²) in [6.45, 7) is 7.82. The van der Waals surface area contributed by atoms with Gasteiger partial charge in [0.15, 0.2) is 0 Å². The summed E-state index contributed by atoms with van der Waals surface area (Å²) in [5.41, 5.74) is 1.92. The van der Waals surface area contributed by atoms with E-state index in [4.69, 9.17) is 0 Å². The largest absolute Gasteiger partial charge is 0.338 e. The van der Waals surface area contributed by atoms with Crippen LogP contribution in [-0.4, -0.2) is 52.2 Å². The van der Waals surface area contributed by atoms with Crippen molar-refractivity contribution in [3.63, 3.8) is 0 Å². The van der Waals surface area contributed by atoms with Crippen molar-refractivity contribution in [2.75, 3.05) is 37.6 Å². The Balaban J connectivity index is 1.53. The Kier molecular flexibility index (Phi) is 5.16. The summed E-state index contributed by atoms with van der Waals surface area (Å²) in [5.74, 6) is 0.722. The van der Waals surface area contributed by atoms with Crippen molar-refractivity contribution >= 4 is 16.9 Å². The number of hydrogen-bond acceptors (Lipinski definition) is 5. The summed E-state index contributed by atoms with van der Waals surface area (Å²) in [6.07, 6.45) is 4.36. The van der Waals surface area contributed by atoms with Gasteiger partial charge in [-0.2, -0.15) is 0 Å². The smallest absolute Gasteiger partial charge is 0.261 e. The lowest BCUT2D eigenvalue weighted by molar-refractivity contribution is 0.270. The number of aromatic nitrogens is 3. The molecule has 1 saturated heterocycles. The zero-order chi connectivity index (χ0) is 18.6. The Labute approximate surface area is 159 Å². The number of hydrogen-bond donors (Lipinski definition) is 0. The molecule has 1 aliphatic rings. The van der Waals surface area contributed by atoms with Crippen molar-refractivity contribution < 1.29 is 0 Å². The van der Waals surface area contributed by atoms with Gasteiger partial charge in [-0.15, -0.1) is 0 Å². The van der Waals surface area contributed by atoms with Crippen molar-refractivity contribution in [1.29, 1.82) is 0 Å². The van der Waals surface area contributed by atoms with Crippen LogP contribution in [0.5, 0.6) is 0 Å². The van der Waals surface area contributed by atoms with Gasteiger partial charge in [0.1, 0.15) is 0 Å². The van der Waals surface area contributed by atoms with Crippen LogP contribution in [0, 0.1) is 0 Å². The molecule has 6 heteroatoms. The third-order valence-corrected chi connectivity index (χ3v) is 5.30. The normalized spacial score (nSPS) is 15.4. The highest BCUT2D eigenvalue weighted by Crippen LogP contribution is 2.14. The molecule has 6 nitrogen and oxygen atoms in total. The van der Waals surface area contributed by atoms with E-state index in [-0.39, 0.29) is 5.56 Å². The van der Waals surface area contributed by atoms with Gasteiger partial charge in [-0.1, -0.05) is 37.3 Å². The molecular formula is C21H25N5O. The van der Waals surface area contributed by atoms with Gasteiger partial charge < -0.3 is 14.4 Å². The number of fused-ring (bicyclic) bond motifs is 1. The minimum atomic E-state index is -0.0224. The first-order valence-corrected chi connectivity index (χ1v) is 9.62. The number of anilines is 1. The van der Waals surface area contributed by atoms with Crippen LogP contribution >= 0.6 is 0 Å². The molecule has 4 rings (SSSR count). The molecule has 0 unspecified atom stereocenters. The second-order valence-corrected chi connectivity index (χ2v) is 6.94. The first kappa shape index (κ1) is 17.7. The fourth-order valence-electron chi connectivity index (χ4n) is 3.55. The Morgan fingerprint density at radius 2 is 1.81 bits per heavy atom. The Morgan fingerprint density at radius 3 is 2.56 bits per heavy atom. The predicted octanol–water partition coefficient (Wildman–Crippen LogP) is 2.18. The van der Waals surface area contributed by atoms with Crippen molar-refractivity contribution in [1.82, 2.24) is 19.4 Å². The van der Waals surface area contributed by atoms with E-state index in [0.717, 1.165) is 50.6 Å². The zero-order valence-electron chi connectivity index (χ0n) is 15.7. The third-order valence-electron chi connectivity index (χ3n) is 5.30. The summed E-state index contributed by atoms with van der Waals surface area (Å²) >= 11 is 0. The standard InChI is InChI=1S/C21H25N5O/c1-2-24-12-14-26(15-13-24)21-22-16-18-19(23-21)9-11-25(20(18)27)10-8-17-6-4-3-5-7-17/h3-7,9,11,16H,2,8,10,12-15H2,1H3. The Hall–Kier alpha value is -2.73. The molecule has 0 aliphatic carbocycles. The molecular weight excluding hydrogens is 338 g/mol. The fourth-order valence-corrected chi connectivity index (χ4v) is 3.55. The van der Waals surface area contributed by atoms with Crippen molar-refractivity contribution in [3.8, 4) is 0 Å². The molecule has 0 radical (unpaired) electrons. The highest BCUT2D eigenvalue weighted by atomic mass is 16.1. The number of pyridine rings is 1. The number of piperazine rings is 1. The lowest BCUT2D eigenvalue weighted by Gasteiger charge is -2.34. The molecule has 3 aromatic rings. The van der Waals surface area contributed by atoms with Crippen LogP contribution in [0.25, 0.3) is 10.9 Å². The van der Waals surface area contributed by atoms with E-state index in [1.54, 1.807) is 10.8 Å². The fraction of sp³-hybridized carbons (Fsp3) is 0.381. The summed E-state index contributed by atoms with van der Waals surface area (Å²) in [7, 11) is 0. The SMILES string of the molecule is CCN1CCN(c2ncc3c(=O)n(CCc4ccccc4)ccc3n2)CC1. The Bertz CT molecular complexity index is 961. The van der Waals surface area contributed by atoms with Crippen LogP contribution in [0.1, 0.15) is 12.5 Å². The first-order valence-electron chi connectivity index (χ1n) is 9.62. The van der Waals surface area contributed by atoms with Crippen LogP contribution in [0.4, 0.5) is 5.95 Å². The Morgan fingerprint density at radius 1 is 1.04 bits per heavy atom. The van der Waals surface area contributed by atoms with Crippen LogP contribution in [-0.2, 0) is 13.0 Å². The molecule has 140 valence electrons. The molecule has 0 spiro atoms. The average molecular weight is 363 g/mol. The quantitative estimate of drug-likeness (QED) is 0.695. The van der Waals surface area contributed by atoms with Gasteiger partial charge in [0.2, 0.25) is 5.95 Å². The summed E-state index contributed by atoms with van der Waals surface area (Å²) < 4.78 is 1.75. The molecule has 0 amide bonds. The molecule has 0 N–H and O–H groups in total. The van der Waals surface area contributed by atoms with Gasteiger partial charge in [-0.3, -0.25) is 4.79 Å². The van der Waals surface area contributed by atoms with E-state index in [9.17, 15) is 4.79 Å². The molecule has 0 saturated carbocycles. The highest BCUT2D eigenvalue weighted by Gasteiger charge is 2.18. The minimum absolute atomic E-state index is 0.0224. The van der Waals surface area contributed by atoms with E-state index >= 15 is 0 Å². The van der Waals surface area contributed by atoms with Gasteiger partial charge in [0.25, 0.3) is 5.56 Å². The van der Waals surface area contributed by atoms with Crippen LogP contribution in [0.2, 0.25) is 0 Å². The van der Waals surface area contributed by atoms with Gasteiger partial charge in [0, 0.05) is 45.1 Å². The molecule has 2 aromatic heterocycles. The third kappa shape index (κ3) is 3.85. The number of nitrogens with zero attached hydrogens (tertiary/aromatic N) is 5. The highest BCUT2D eigenvalue weighted by molar-refractivity contribution is 5.77. The molecule has 3 heterocycles. The molecule has 0 atom stereocenters. The van der Waals surface area contributed by atoms with E-state index in [1.807, 2.05) is 30.5 Å². The van der Waals surface area contributed by atoms with E-state index < -0.39 is 0 Å². The molecule has 1 fully saturated rings. The lowest BCUT2D eigenvalue weighted by Crippen LogP contribution is -2.46. The first-order chi connectivity index (χ1) is 13.2. The maximum absolute atomic E-state index is 12.8.